The van der Waals surface area contributed by atoms with Gasteiger partial charge in [-0.3, -0.25) is 14.4 Å². The van der Waals surface area contributed by atoms with E-state index < -0.39 is 5.91 Å². The molecule has 0 aliphatic carbocycles. The number of hydrogen-bond donors (Lipinski definition) is 1. The molecule has 2 N–H and O–H groups in total. The third kappa shape index (κ3) is 6.94. The summed E-state index contributed by atoms with van der Waals surface area (Å²) in [5.74, 6) is 0.139. The van der Waals surface area contributed by atoms with Crippen molar-refractivity contribution < 1.29 is 23.9 Å². The summed E-state index contributed by atoms with van der Waals surface area (Å²) in [5, 5.41) is 0. The highest BCUT2D eigenvalue weighted by molar-refractivity contribution is 6.09. The van der Waals surface area contributed by atoms with Gasteiger partial charge in [-0.2, -0.15) is 0 Å². The minimum absolute atomic E-state index is 0.0496. The Kier molecular flexibility index (Phi) is 8.31. The van der Waals surface area contributed by atoms with Crippen LogP contribution in [0.25, 0.3) is 0 Å². The number of amides is 1. The number of ketones is 2. The molecule has 0 heterocycles. The van der Waals surface area contributed by atoms with Gasteiger partial charge in [0.15, 0.2) is 11.6 Å². The summed E-state index contributed by atoms with van der Waals surface area (Å²) in [6.07, 6.45) is 0. The van der Waals surface area contributed by atoms with Crippen molar-refractivity contribution in [3.05, 3.63) is 166 Å². The maximum atomic E-state index is 12.6. The normalized spacial score (nSPS) is 10.5. The second-order valence-corrected chi connectivity index (χ2v) is 9.42. The fourth-order valence-electron chi connectivity index (χ4n) is 4.23. The third-order valence-electron chi connectivity index (χ3n) is 6.48. The van der Waals surface area contributed by atoms with Gasteiger partial charge in [0.2, 0.25) is 5.91 Å². The lowest BCUT2D eigenvalue weighted by Crippen LogP contribution is -2.11. The first kappa shape index (κ1) is 27.1. The van der Waals surface area contributed by atoms with Crippen LogP contribution in [0.4, 0.5) is 0 Å². The molecule has 0 saturated heterocycles. The van der Waals surface area contributed by atoms with Crippen LogP contribution >= 0.6 is 0 Å². The molecule has 0 radical (unpaired) electrons. The van der Waals surface area contributed by atoms with E-state index in [0.29, 0.717) is 33.8 Å². The summed E-state index contributed by atoms with van der Waals surface area (Å²) in [6.45, 7) is 0.441. The Morgan fingerprint density at radius 2 is 0.829 bits per heavy atom. The van der Waals surface area contributed by atoms with Crippen molar-refractivity contribution in [2.75, 3.05) is 0 Å². The molecular weight excluding hydrogens is 514 g/mol. The standard InChI is InChI=1S/C35H27NO5/c36-35(39)30-19-31(40-22-24-11-15-28(16-12-24)33(37)26-7-3-1-4-8-26)21-32(20-30)41-23-25-13-17-29(18-14-25)34(38)27-9-5-2-6-10-27/h1-21H,22-23H2,(H2,36,39). The van der Waals surface area contributed by atoms with E-state index in [0.717, 1.165) is 11.1 Å². The maximum Gasteiger partial charge on any atom is 0.248 e. The Balaban J connectivity index is 1.22. The van der Waals surface area contributed by atoms with E-state index in [4.69, 9.17) is 15.2 Å². The molecule has 5 aromatic rings. The van der Waals surface area contributed by atoms with E-state index in [9.17, 15) is 14.4 Å². The van der Waals surface area contributed by atoms with E-state index in [2.05, 4.69) is 0 Å². The van der Waals surface area contributed by atoms with E-state index in [-0.39, 0.29) is 30.3 Å². The first-order valence-corrected chi connectivity index (χ1v) is 13.0. The molecule has 1 amide bonds. The zero-order chi connectivity index (χ0) is 28.6. The van der Waals surface area contributed by atoms with Crippen molar-refractivity contribution in [1.29, 1.82) is 0 Å². The number of benzene rings is 5. The number of ether oxygens (including phenoxy) is 2. The molecule has 41 heavy (non-hydrogen) atoms. The van der Waals surface area contributed by atoms with Crippen LogP contribution in [0.2, 0.25) is 0 Å². The van der Waals surface area contributed by atoms with Crippen molar-refractivity contribution in [2.45, 2.75) is 13.2 Å². The molecule has 0 fully saturated rings. The zero-order valence-corrected chi connectivity index (χ0v) is 22.2. The molecule has 5 rings (SSSR count). The Labute approximate surface area is 238 Å². The largest absolute Gasteiger partial charge is 0.489 e. The van der Waals surface area contributed by atoms with Crippen molar-refractivity contribution in [2.24, 2.45) is 5.73 Å². The average molecular weight is 542 g/mol. The van der Waals surface area contributed by atoms with Crippen LogP contribution in [-0.2, 0) is 13.2 Å². The number of carbonyl (C=O) groups is 3. The summed E-state index contributed by atoms with van der Waals surface area (Å²) in [4.78, 5) is 37.2. The van der Waals surface area contributed by atoms with Crippen LogP contribution in [0.15, 0.2) is 127 Å². The molecule has 0 aliphatic heterocycles. The van der Waals surface area contributed by atoms with Crippen LogP contribution in [-0.4, -0.2) is 17.5 Å². The van der Waals surface area contributed by atoms with Gasteiger partial charge in [0, 0.05) is 33.9 Å². The average Bonchev–Trinajstić information content (AvgIpc) is 3.03. The second kappa shape index (κ2) is 12.6. The predicted molar refractivity (Wildman–Crippen MR) is 156 cm³/mol. The predicted octanol–water partition coefficient (Wildman–Crippen LogP) is 6.41. The van der Waals surface area contributed by atoms with E-state index >= 15 is 0 Å². The number of nitrogens with two attached hydrogens (primary N) is 1. The van der Waals surface area contributed by atoms with Crippen molar-refractivity contribution >= 4 is 17.5 Å². The smallest absolute Gasteiger partial charge is 0.248 e. The number of rotatable bonds is 11. The quantitative estimate of drug-likeness (QED) is 0.195. The minimum Gasteiger partial charge on any atom is -0.489 e. The molecule has 0 spiro atoms. The number of hydrogen-bond acceptors (Lipinski definition) is 5. The molecule has 0 atom stereocenters. The molecular formula is C35H27NO5. The van der Waals surface area contributed by atoms with Crippen LogP contribution in [0, 0.1) is 0 Å². The maximum absolute atomic E-state index is 12.6. The van der Waals surface area contributed by atoms with Gasteiger partial charge in [-0.15, -0.1) is 0 Å². The van der Waals surface area contributed by atoms with Gasteiger partial charge in [0.25, 0.3) is 0 Å². The Hall–Kier alpha value is -5.49. The summed E-state index contributed by atoms with van der Waals surface area (Å²) < 4.78 is 11.9. The first-order chi connectivity index (χ1) is 20.0. The second-order valence-electron chi connectivity index (χ2n) is 9.42. The Morgan fingerprint density at radius 3 is 1.20 bits per heavy atom. The Bertz CT molecular complexity index is 1550. The molecule has 6 nitrogen and oxygen atoms in total. The van der Waals surface area contributed by atoms with Crippen molar-refractivity contribution in [3.63, 3.8) is 0 Å². The first-order valence-electron chi connectivity index (χ1n) is 13.0. The summed E-state index contributed by atoms with van der Waals surface area (Å²) in [5.41, 5.74) is 9.93. The number of primary amides is 1. The monoisotopic (exact) mass is 541 g/mol. The Morgan fingerprint density at radius 1 is 0.463 bits per heavy atom. The summed E-state index contributed by atoms with van der Waals surface area (Å²) >= 11 is 0. The summed E-state index contributed by atoms with van der Waals surface area (Å²) in [7, 11) is 0. The van der Waals surface area contributed by atoms with Gasteiger partial charge >= 0.3 is 0 Å². The lowest BCUT2D eigenvalue weighted by Gasteiger charge is -2.12. The van der Waals surface area contributed by atoms with E-state index in [1.807, 2.05) is 60.7 Å². The molecule has 202 valence electrons. The zero-order valence-electron chi connectivity index (χ0n) is 22.2. The molecule has 0 bridgehead atoms. The summed E-state index contributed by atoms with van der Waals surface area (Å²) in [6, 6.07) is 37.4. The number of carbonyl (C=O) groups excluding carboxylic acids is 3. The van der Waals surface area contributed by atoms with Crippen LogP contribution < -0.4 is 15.2 Å². The van der Waals surface area contributed by atoms with E-state index in [1.165, 1.54) is 0 Å². The van der Waals surface area contributed by atoms with Crippen LogP contribution in [0.1, 0.15) is 53.3 Å². The minimum atomic E-state index is -0.604. The molecule has 0 unspecified atom stereocenters. The molecule has 6 heteroatoms. The lowest BCUT2D eigenvalue weighted by molar-refractivity contribution is 0.0996. The van der Waals surface area contributed by atoms with E-state index in [1.54, 1.807) is 66.7 Å². The fourth-order valence-corrected chi connectivity index (χ4v) is 4.23. The van der Waals surface area contributed by atoms with Gasteiger partial charge in [-0.05, 0) is 23.3 Å². The van der Waals surface area contributed by atoms with Crippen LogP contribution in [0.5, 0.6) is 11.5 Å². The molecule has 0 aliphatic rings. The van der Waals surface area contributed by atoms with Gasteiger partial charge < -0.3 is 15.2 Å². The topological polar surface area (TPSA) is 95.7 Å². The highest BCUT2D eigenvalue weighted by Crippen LogP contribution is 2.25. The van der Waals surface area contributed by atoms with Gasteiger partial charge in [0.1, 0.15) is 24.7 Å². The highest BCUT2D eigenvalue weighted by Gasteiger charge is 2.12. The molecule has 5 aromatic carbocycles. The van der Waals surface area contributed by atoms with Crippen LogP contribution in [0.3, 0.4) is 0 Å². The van der Waals surface area contributed by atoms with Crippen molar-refractivity contribution in [1.82, 2.24) is 0 Å². The van der Waals surface area contributed by atoms with Gasteiger partial charge in [-0.25, -0.2) is 0 Å². The van der Waals surface area contributed by atoms with Crippen molar-refractivity contribution in [3.8, 4) is 11.5 Å². The SMILES string of the molecule is NC(=O)c1cc(OCc2ccc(C(=O)c3ccccc3)cc2)cc(OCc2ccc(C(=O)c3ccccc3)cc2)c1. The molecule has 0 saturated carbocycles. The lowest BCUT2D eigenvalue weighted by atomic mass is 10.0. The van der Waals surface area contributed by atoms with Gasteiger partial charge in [-0.1, -0.05) is 109 Å². The third-order valence-corrected chi connectivity index (χ3v) is 6.48. The molecule has 0 aromatic heterocycles. The highest BCUT2D eigenvalue weighted by atomic mass is 16.5. The van der Waals surface area contributed by atoms with Gasteiger partial charge in [0.05, 0.1) is 0 Å². The fraction of sp³-hybridized carbons (Fsp3) is 0.0571.